The summed E-state index contributed by atoms with van der Waals surface area (Å²) in [5.41, 5.74) is 8.74. The van der Waals surface area contributed by atoms with E-state index in [4.69, 9.17) is 10.5 Å². The lowest BCUT2D eigenvalue weighted by Crippen LogP contribution is -1.99. The molecule has 0 radical (unpaired) electrons. The molecule has 0 fully saturated rings. The van der Waals surface area contributed by atoms with E-state index in [1.807, 2.05) is 6.07 Å². The number of aromatic amines is 1. The Balaban J connectivity index is 2.02. The summed E-state index contributed by atoms with van der Waals surface area (Å²) < 4.78 is 5.45. The average molecular weight is 219 g/mol. The number of nitrogens with two attached hydrogens (primary N) is 1. The number of rotatable bonds is 5. The molecule has 16 heavy (non-hydrogen) atoms. The molecule has 4 nitrogen and oxygen atoms in total. The first-order chi connectivity index (χ1) is 7.79. The van der Waals surface area contributed by atoms with Crippen LogP contribution in [0.25, 0.3) is 11.0 Å². The van der Waals surface area contributed by atoms with E-state index in [2.05, 4.69) is 29.0 Å². The van der Waals surface area contributed by atoms with Crippen LogP contribution < -0.4 is 5.73 Å². The van der Waals surface area contributed by atoms with Gasteiger partial charge in [-0.25, -0.2) is 4.98 Å². The normalized spacial score (nSPS) is 11.1. The van der Waals surface area contributed by atoms with Gasteiger partial charge in [-0.15, -0.1) is 0 Å². The van der Waals surface area contributed by atoms with Crippen LogP contribution in [-0.4, -0.2) is 23.2 Å². The fourth-order valence-electron chi connectivity index (χ4n) is 1.67. The molecule has 0 aliphatic heterocycles. The Morgan fingerprint density at radius 3 is 3.06 bits per heavy atom. The van der Waals surface area contributed by atoms with Gasteiger partial charge in [0.2, 0.25) is 0 Å². The number of benzene rings is 1. The average Bonchev–Trinajstić information content (AvgIpc) is 2.64. The van der Waals surface area contributed by atoms with Crippen LogP contribution in [0.5, 0.6) is 0 Å². The van der Waals surface area contributed by atoms with Crippen molar-refractivity contribution in [1.82, 2.24) is 9.97 Å². The van der Waals surface area contributed by atoms with Crippen molar-refractivity contribution in [2.75, 3.05) is 18.9 Å². The van der Waals surface area contributed by atoms with E-state index in [0.717, 1.165) is 37.1 Å². The van der Waals surface area contributed by atoms with Crippen molar-refractivity contribution in [3.05, 3.63) is 23.8 Å². The highest BCUT2D eigenvalue weighted by atomic mass is 16.5. The fourth-order valence-corrected chi connectivity index (χ4v) is 1.67. The number of hydrogen-bond donors (Lipinski definition) is 2. The second-order valence-electron chi connectivity index (χ2n) is 3.84. The van der Waals surface area contributed by atoms with Gasteiger partial charge in [0, 0.05) is 6.61 Å². The molecule has 1 aromatic heterocycles. The van der Waals surface area contributed by atoms with Crippen molar-refractivity contribution in [3.8, 4) is 0 Å². The molecule has 3 N–H and O–H groups in total. The molecule has 2 rings (SSSR count). The maximum atomic E-state index is 5.59. The summed E-state index contributed by atoms with van der Waals surface area (Å²) in [5, 5.41) is 0. The zero-order valence-electron chi connectivity index (χ0n) is 9.49. The lowest BCUT2D eigenvalue weighted by Gasteiger charge is -2.02. The van der Waals surface area contributed by atoms with Crippen molar-refractivity contribution in [1.29, 1.82) is 0 Å². The predicted molar refractivity (Wildman–Crippen MR) is 65.3 cm³/mol. The van der Waals surface area contributed by atoms with Gasteiger partial charge in [0.25, 0.3) is 0 Å². The number of nitrogen functional groups attached to an aromatic ring is 1. The van der Waals surface area contributed by atoms with Crippen LogP contribution >= 0.6 is 0 Å². The Labute approximate surface area is 94.8 Å². The first-order valence-electron chi connectivity index (χ1n) is 5.61. The van der Waals surface area contributed by atoms with E-state index in [9.17, 15) is 0 Å². The van der Waals surface area contributed by atoms with Gasteiger partial charge in [-0.2, -0.15) is 0 Å². The van der Waals surface area contributed by atoms with Crippen LogP contribution in [0.15, 0.2) is 18.2 Å². The Morgan fingerprint density at radius 2 is 2.25 bits per heavy atom. The minimum atomic E-state index is 0.467. The van der Waals surface area contributed by atoms with Gasteiger partial charge in [0.1, 0.15) is 0 Å². The largest absolute Gasteiger partial charge is 0.381 e. The van der Waals surface area contributed by atoms with Crippen LogP contribution in [-0.2, 0) is 11.2 Å². The summed E-state index contributed by atoms with van der Waals surface area (Å²) >= 11 is 0. The molecule has 86 valence electrons. The summed E-state index contributed by atoms with van der Waals surface area (Å²) in [6.45, 7) is 3.71. The van der Waals surface area contributed by atoms with Crippen molar-refractivity contribution in [3.63, 3.8) is 0 Å². The first-order valence-corrected chi connectivity index (χ1v) is 5.61. The van der Waals surface area contributed by atoms with Crippen LogP contribution in [0.4, 0.5) is 5.95 Å². The molecule has 0 amide bonds. The van der Waals surface area contributed by atoms with Crippen molar-refractivity contribution < 1.29 is 4.74 Å². The lowest BCUT2D eigenvalue weighted by atomic mass is 10.1. The molecule has 0 atom stereocenters. The SMILES string of the molecule is CCCOCCc1ccc2nc(N)[nH]c2c1. The third-order valence-corrected chi connectivity index (χ3v) is 2.45. The first kappa shape index (κ1) is 11.0. The minimum absolute atomic E-state index is 0.467. The molecule has 4 heteroatoms. The predicted octanol–water partition coefficient (Wildman–Crippen LogP) is 2.11. The Hall–Kier alpha value is -1.55. The highest BCUT2D eigenvalue weighted by molar-refractivity contribution is 5.77. The molecular weight excluding hydrogens is 202 g/mol. The zero-order chi connectivity index (χ0) is 11.4. The molecule has 1 heterocycles. The highest BCUT2D eigenvalue weighted by Gasteiger charge is 2.01. The van der Waals surface area contributed by atoms with Crippen molar-refractivity contribution >= 4 is 17.0 Å². The smallest absolute Gasteiger partial charge is 0.198 e. The Bertz CT molecular complexity index is 464. The van der Waals surface area contributed by atoms with E-state index in [1.165, 1.54) is 5.56 Å². The van der Waals surface area contributed by atoms with E-state index in [1.54, 1.807) is 0 Å². The minimum Gasteiger partial charge on any atom is -0.381 e. The molecule has 0 aliphatic carbocycles. The van der Waals surface area contributed by atoms with Crippen LogP contribution in [0.2, 0.25) is 0 Å². The van der Waals surface area contributed by atoms with Gasteiger partial charge < -0.3 is 15.5 Å². The summed E-state index contributed by atoms with van der Waals surface area (Å²) in [4.78, 5) is 7.18. The van der Waals surface area contributed by atoms with E-state index < -0.39 is 0 Å². The molecule has 0 aliphatic rings. The summed E-state index contributed by atoms with van der Waals surface area (Å²) in [6, 6.07) is 6.13. The Kier molecular flexibility index (Phi) is 3.41. The summed E-state index contributed by atoms with van der Waals surface area (Å²) in [5.74, 6) is 0.467. The lowest BCUT2D eigenvalue weighted by molar-refractivity contribution is 0.138. The van der Waals surface area contributed by atoms with Crippen molar-refractivity contribution in [2.24, 2.45) is 0 Å². The van der Waals surface area contributed by atoms with Gasteiger partial charge in [-0.1, -0.05) is 13.0 Å². The van der Waals surface area contributed by atoms with Gasteiger partial charge in [0.05, 0.1) is 17.6 Å². The van der Waals surface area contributed by atoms with Gasteiger partial charge in [-0.05, 0) is 30.5 Å². The molecule has 0 unspecified atom stereocenters. The van der Waals surface area contributed by atoms with Gasteiger partial charge in [0.15, 0.2) is 5.95 Å². The van der Waals surface area contributed by atoms with Crippen LogP contribution in [0.3, 0.4) is 0 Å². The highest BCUT2D eigenvalue weighted by Crippen LogP contribution is 2.14. The number of H-pyrrole nitrogens is 1. The fraction of sp³-hybridized carbons (Fsp3) is 0.417. The number of fused-ring (bicyclic) bond motifs is 1. The van der Waals surface area contributed by atoms with E-state index in [0.29, 0.717) is 5.95 Å². The third-order valence-electron chi connectivity index (χ3n) is 2.45. The van der Waals surface area contributed by atoms with Crippen LogP contribution in [0, 0.1) is 0 Å². The summed E-state index contributed by atoms with van der Waals surface area (Å²) in [7, 11) is 0. The third kappa shape index (κ3) is 2.52. The number of hydrogen-bond acceptors (Lipinski definition) is 3. The Morgan fingerprint density at radius 1 is 1.38 bits per heavy atom. The van der Waals surface area contributed by atoms with Gasteiger partial charge >= 0.3 is 0 Å². The number of anilines is 1. The quantitative estimate of drug-likeness (QED) is 0.757. The molecule has 0 saturated heterocycles. The van der Waals surface area contributed by atoms with Gasteiger partial charge in [-0.3, -0.25) is 0 Å². The molecule has 0 saturated carbocycles. The summed E-state index contributed by atoms with van der Waals surface area (Å²) in [6.07, 6.45) is 1.99. The molecule has 0 spiro atoms. The van der Waals surface area contributed by atoms with E-state index >= 15 is 0 Å². The van der Waals surface area contributed by atoms with E-state index in [-0.39, 0.29) is 0 Å². The number of nitrogens with zero attached hydrogens (tertiary/aromatic N) is 1. The molecule has 1 aromatic carbocycles. The number of imidazole rings is 1. The monoisotopic (exact) mass is 219 g/mol. The maximum absolute atomic E-state index is 5.59. The number of nitrogens with one attached hydrogen (secondary N) is 1. The number of ether oxygens (including phenoxy) is 1. The second kappa shape index (κ2) is 4.99. The topological polar surface area (TPSA) is 63.9 Å². The molecule has 2 aromatic rings. The second-order valence-corrected chi connectivity index (χ2v) is 3.84. The number of aromatic nitrogens is 2. The molecular formula is C12H17N3O. The zero-order valence-corrected chi connectivity index (χ0v) is 9.49. The van der Waals surface area contributed by atoms with Crippen LogP contribution in [0.1, 0.15) is 18.9 Å². The van der Waals surface area contributed by atoms with Crippen molar-refractivity contribution in [2.45, 2.75) is 19.8 Å². The maximum Gasteiger partial charge on any atom is 0.198 e. The molecule has 0 bridgehead atoms. The standard InChI is InChI=1S/C12H17N3O/c1-2-6-16-7-5-9-3-4-10-11(8-9)15-12(13)14-10/h3-4,8H,2,5-7H2,1H3,(H3,13,14,15).